The highest BCUT2D eigenvalue weighted by Crippen LogP contribution is 2.26. The molecule has 0 aliphatic carbocycles. The minimum atomic E-state index is -0.621. The molecule has 1 heterocycles. The fourth-order valence-electron chi connectivity index (χ4n) is 2.31. The van der Waals surface area contributed by atoms with Gasteiger partial charge in [-0.2, -0.15) is 0 Å². The van der Waals surface area contributed by atoms with Gasteiger partial charge in [0.1, 0.15) is 0 Å². The molecule has 1 N–H and O–H groups in total. The summed E-state index contributed by atoms with van der Waals surface area (Å²) in [6, 6.07) is 4.10. The number of nitro groups is 2. The number of benzene rings is 1. The second kappa shape index (κ2) is 5.93. The SMILES string of the molecule is C[C@H]1CNCCN1Cc1ccc([N+](=O)[O-])cc1[N+](=O)[O-]. The van der Waals surface area contributed by atoms with Crippen LogP contribution in [0.15, 0.2) is 18.2 Å². The molecule has 1 aromatic carbocycles. The first-order valence-corrected chi connectivity index (χ1v) is 6.35. The highest BCUT2D eigenvalue weighted by Gasteiger charge is 2.24. The van der Waals surface area contributed by atoms with Crippen molar-refractivity contribution < 1.29 is 9.85 Å². The Kier molecular flexibility index (Phi) is 4.26. The summed E-state index contributed by atoms with van der Waals surface area (Å²) < 4.78 is 0. The first-order valence-electron chi connectivity index (χ1n) is 6.35. The van der Waals surface area contributed by atoms with Crippen molar-refractivity contribution >= 4 is 11.4 Å². The van der Waals surface area contributed by atoms with Gasteiger partial charge in [-0.1, -0.05) is 0 Å². The molecule has 0 bridgehead atoms. The maximum atomic E-state index is 11.1. The number of nitro benzene ring substituents is 2. The molecule has 1 aliphatic rings. The van der Waals surface area contributed by atoms with Crippen LogP contribution in [0.4, 0.5) is 11.4 Å². The molecule has 20 heavy (non-hydrogen) atoms. The predicted octanol–water partition coefficient (Wildman–Crippen LogP) is 1.30. The third-order valence-electron chi connectivity index (χ3n) is 3.49. The van der Waals surface area contributed by atoms with E-state index in [9.17, 15) is 20.2 Å². The van der Waals surface area contributed by atoms with Crippen LogP contribution in [0.5, 0.6) is 0 Å². The van der Waals surface area contributed by atoms with Gasteiger partial charge < -0.3 is 5.32 Å². The summed E-state index contributed by atoms with van der Waals surface area (Å²) in [5.41, 5.74) is 0.0630. The van der Waals surface area contributed by atoms with Crippen LogP contribution < -0.4 is 5.32 Å². The highest BCUT2D eigenvalue weighted by atomic mass is 16.6. The van der Waals surface area contributed by atoms with E-state index in [1.807, 2.05) is 6.92 Å². The van der Waals surface area contributed by atoms with Crippen molar-refractivity contribution in [1.29, 1.82) is 0 Å². The molecule has 0 aromatic heterocycles. The lowest BCUT2D eigenvalue weighted by Crippen LogP contribution is -2.49. The molecule has 0 spiro atoms. The molecule has 1 atom stereocenters. The molecule has 1 fully saturated rings. The summed E-state index contributed by atoms with van der Waals surface area (Å²) in [6.07, 6.45) is 0. The third-order valence-corrected chi connectivity index (χ3v) is 3.49. The van der Waals surface area contributed by atoms with E-state index in [4.69, 9.17) is 0 Å². The molecule has 1 aromatic rings. The van der Waals surface area contributed by atoms with Gasteiger partial charge in [0.15, 0.2) is 0 Å². The molecule has 1 aliphatic heterocycles. The number of nitrogens with zero attached hydrogens (tertiary/aromatic N) is 3. The topological polar surface area (TPSA) is 102 Å². The van der Waals surface area contributed by atoms with Crippen LogP contribution >= 0.6 is 0 Å². The van der Waals surface area contributed by atoms with Crippen molar-refractivity contribution in [2.24, 2.45) is 0 Å². The first kappa shape index (κ1) is 14.4. The van der Waals surface area contributed by atoms with Crippen molar-refractivity contribution in [2.45, 2.75) is 19.5 Å². The van der Waals surface area contributed by atoms with Crippen LogP contribution in [-0.2, 0) is 6.54 Å². The van der Waals surface area contributed by atoms with Crippen molar-refractivity contribution in [2.75, 3.05) is 19.6 Å². The molecule has 0 amide bonds. The van der Waals surface area contributed by atoms with E-state index >= 15 is 0 Å². The van der Waals surface area contributed by atoms with Crippen LogP contribution in [0.25, 0.3) is 0 Å². The molecule has 8 heteroatoms. The predicted molar refractivity (Wildman–Crippen MR) is 72.5 cm³/mol. The van der Waals surface area contributed by atoms with Gasteiger partial charge in [-0.3, -0.25) is 25.1 Å². The van der Waals surface area contributed by atoms with Gasteiger partial charge in [-0.15, -0.1) is 0 Å². The number of nitrogens with one attached hydrogen (secondary N) is 1. The molecule has 1 saturated heterocycles. The summed E-state index contributed by atoms with van der Waals surface area (Å²) in [5.74, 6) is 0. The number of non-ortho nitro benzene ring substituents is 1. The smallest absolute Gasteiger partial charge is 0.280 e. The monoisotopic (exact) mass is 280 g/mol. The van der Waals surface area contributed by atoms with Crippen LogP contribution in [0.2, 0.25) is 0 Å². The van der Waals surface area contributed by atoms with E-state index < -0.39 is 9.85 Å². The second-order valence-corrected chi connectivity index (χ2v) is 4.85. The fraction of sp³-hybridized carbons (Fsp3) is 0.500. The minimum Gasteiger partial charge on any atom is -0.314 e. The zero-order valence-electron chi connectivity index (χ0n) is 11.1. The van der Waals surface area contributed by atoms with Crippen LogP contribution in [0.1, 0.15) is 12.5 Å². The zero-order valence-corrected chi connectivity index (χ0v) is 11.1. The van der Waals surface area contributed by atoms with Gasteiger partial charge in [0.25, 0.3) is 11.4 Å². The van der Waals surface area contributed by atoms with E-state index in [2.05, 4.69) is 10.2 Å². The maximum Gasteiger partial charge on any atom is 0.280 e. The van der Waals surface area contributed by atoms with Gasteiger partial charge >= 0.3 is 0 Å². The van der Waals surface area contributed by atoms with Crippen molar-refractivity contribution in [3.05, 3.63) is 44.0 Å². The lowest BCUT2D eigenvalue weighted by atomic mass is 10.1. The number of hydrogen-bond acceptors (Lipinski definition) is 6. The Hall–Kier alpha value is -2.06. The number of hydrogen-bond donors (Lipinski definition) is 1. The molecule has 0 saturated carbocycles. The highest BCUT2D eigenvalue weighted by molar-refractivity contribution is 5.49. The summed E-state index contributed by atoms with van der Waals surface area (Å²) in [4.78, 5) is 22.7. The zero-order chi connectivity index (χ0) is 14.7. The molecule has 108 valence electrons. The molecule has 0 unspecified atom stereocenters. The Morgan fingerprint density at radius 2 is 2.10 bits per heavy atom. The minimum absolute atomic E-state index is 0.190. The largest absolute Gasteiger partial charge is 0.314 e. The molecule has 8 nitrogen and oxygen atoms in total. The first-order chi connectivity index (χ1) is 9.49. The molecule has 2 rings (SSSR count). The van der Waals surface area contributed by atoms with Gasteiger partial charge in [0.05, 0.1) is 15.9 Å². The number of rotatable bonds is 4. The molecular weight excluding hydrogens is 264 g/mol. The third kappa shape index (κ3) is 3.09. The van der Waals surface area contributed by atoms with E-state index in [1.165, 1.54) is 12.1 Å². The summed E-state index contributed by atoms with van der Waals surface area (Å²) in [6.45, 7) is 4.95. The maximum absolute atomic E-state index is 11.1. The number of piperazine rings is 1. The normalized spacial score (nSPS) is 19.8. The van der Waals surface area contributed by atoms with Gasteiger partial charge in [0.2, 0.25) is 0 Å². The standard InChI is InChI=1S/C12H16N4O4/c1-9-7-13-4-5-14(9)8-10-2-3-11(15(17)18)6-12(10)16(19)20/h2-3,6,9,13H,4-5,7-8H2,1H3/t9-/m0/s1. The van der Waals surface area contributed by atoms with Gasteiger partial charge in [-0.05, 0) is 13.0 Å². The Balaban J connectivity index is 2.26. The van der Waals surface area contributed by atoms with E-state index in [0.29, 0.717) is 12.1 Å². The summed E-state index contributed by atoms with van der Waals surface area (Å²) in [5, 5.41) is 25.0. The Morgan fingerprint density at radius 3 is 2.70 bits per heavy atom. The van der Waals surface area contributed by atoms with Crippen molar-refractivity contribution in [1.82, 2.24) is 10.2 Å². The summed E-state index contributed by atoms with van der Waals surface area (Å²) >= 11 is 0. The Labute approximate surface area is 115 Å². The fourth-order valence-corrected chi connectivity index (χ4v) is 2.31. The van der Waals surface area contributed by atoms with E-state index in [1.54, 1.807) is 0 Å². The Bertz CT molecular complexity index is 534. The summed E-state index contributed by atoms with van der Waals surface area (Å²) in [7, 11) is 0. The average molecular weight is 280 g/mol. The van der Waals surface area contributed by atoms with Crippen molar-refractivity contribution in [3.8, 4) is 0 Å². The van der Waals surface area contributed by atoms with Crippen molar-refractivity contribution in [3.63, 3.8) is 0 Å². The lowest BCUT2D eigenvalue weighted by molar-refractivity contribution is -0.394. The Morgan fingerprint density at radius 1 is 1.35 bits per heavy atom. The molecular formula is C12H16N4O4. The lowest BCUT2D eigenvalue weighted by Gasteiger charge is -2.33. The molecule has 0 radical (unpaired) electrons. The van der Waals surface area contributed by atoms with Crippen LogP contribution in [-0.4, -0.2) is 40.4 Å². The van der Waals surface area contributed by atoms with Gasteiger partial charge in [-0.25, -0.2) is 0 Å². The van der Waals surface area contributed by atoms with E-state index in [-0.39, 0.29) is 17.4 Å². The average Bonchev–Trinajstić information content (AvgIpc) is 2.41. The van der Waals surface area contributed by atoms with Gasteiger partial charge in [0, 0.05) is 43.9 Å². The van der Waals surface area contributed by atoms with Crippen LogP contribution in [0.3, 0.4) is 0 Å². The quantitative estimate of drug-likeness (QED) is 0.658. The second-order valence-electron chi connectivity index (χ2n) is 4.85. The van der Waals surface area contributed by atoms with Crippen LogP contribution in [0, 0.1) is 20.2 Å². The van der Waals surface area contributed by atoms with E-state index in [0.717, 1.165) is 25.7 Å².